The highest BCUT2D eigenvalue weighted by Crippen LogP contribution is 2.34. The minimum Gasteiger partial charge on any atom is -0.497 e. The van der Waals surface area contributed by atoms with Crippen LogP contribution in [0.3, 0.4) is 0 Å². The van der Waals surface area contributed by atoms with E-state index in [4.69, 9.17) is 25.8 Å². The number of hydrogen-bond donors (Lipinski definition) is 4. The van der Waals surface area contributed by atoms with E-state index in [0.717, 1.165) is 35.9 Å². The van der Waals surface area contributed by atoms with E-state index >= 15 is 0 Å². The number of amides is 2. The number of nitrogens with one attached hydrogen (secondary N) is 4. The Morgan fingerprint density at radius 1 is 0.627 bits per heavy atom. The zero-order chi connectivity index (χ0) is 48.4. The number of sulfonamides is 2. The molecule has 0 saturated carbocycles. The van der Waals surface area contributed by atoms with Crippen molar-refractivity contribution in [3.05, 3.63) is 160 Å². The quantitative estimate of drug-likeness (QED) is 0.0729. The highest BCUT2D eigenvalue weighted by atomic mass is 35.5. The Hall–Kier alpha value is -6.90. The van der Waals surface area contributed by atoms with Gasteiger partial charge in [-0.1, -0.05) is 31.2 Å². The predicted molar refractivity (Wildman–Crippen MR) is 244 cm³/mol. The van der Waals surface area contributed by atoms with Crippen LogP contribution in [0.15, 0.2) is 131 Å². The predicted octanol–water partition coefficient (Wildman–Crippen LogP) is 11.0. The second-order valence-electron chi connectivity index (χ2n) is 13.8. The van der Waals surface area contributed by atoms with E-state index in [-0.39, 0.29) is 63.6 Å². The summed E-state index contributed by atoms with van der Waals surface area (Å²) in [6.07, 6.45) is -4.63. The number of methoxy groups -OCH3 is 1. The van der Waals surface area contributed by atoms with Gasteiger partial charge in [-0.25, -0.2) is 25.6 Å². The topological polar surface area (TPSA) is 178 Å². The molecule has 0 radical (unpaired) electrons. The van der Waals surface area contributed by atoms with Crippen molar-refractivity contribution in [3.8, 4) is 28.7 Å². The average Bonchev–Trinajstić information content (AvgIpc) is 3.24. The molecule has 0 unspecified atom stereocenters. The Bertz CT molecular complexity index is 2940. The molecule has 0 bridgehead atoms. The molecule has 0 fully saturated rings. The Kier molecular flexibility index (Phi) is 17.7. The molecule has 356 valence electrons. The summed E-state index contributed by atoms with van der Waals surface area (Å²) in [5.41, 5.74) is -0.0596. The summed E-state index contributed by atoms with van der Waals surface area (Å²) >= 11 is 6.13. The van der Waals surface area contributed by atoms with Gasteiger partial charge in [0.1, 0.15) is 45.3 Å². The van der Waals surface area contributed by atoms with Gasteiger partial charge in [-0.2, -0.15) is 13.2 Å². The maximum atomic E-state index is 13.5. The van der Waals surface area contributed by atoms with Gasteiger partial charge >= 0.3 is 6.18 Å². The lowest BCUT2D eigenvalue weighted by atomic mass is 10.1. The van der Waals surface area contributed by atoms with Crippen LogP contribution in [0, 0.1) is 18.6 Å². The summed E-state index contributed by atoms with van der Waals surface area (Å²) in [5.74, 6) is -1.90. The zero-order valence-corrected chi connectivity index (χ0v) is 37.6. The number of alkyl halides is 3. The Morgan fingerprint density at radius 3 is 1.63 bits per heavy atom. The van der Waals surface area contributed by atoms with Crippen molar-refractivity contribution >= 4 is 54.8 Å². The van der Waals surface area contributed by atoms with Gasteiger partial charge in [0.15, 0.2) is 0 Å². The molecule has 2 amide bonds. The van der Waals surface area contributed by atoms with E-state index in [1.54, 1.807) is 57.4 Å². The summed E-state index contributed by atoms with van der Waals surface area (Å²) in [6.45, 7) is 5.85. The van der Waals surface area contributed by atoms with Crippen LogP contribution < -0.4 is 34.3 Å². The number of halogens is 6. The van der Waals surface area contributed by atoms with Crippen molar-refractivity contribution in [3.63, 3.8) is 0 Å². The van der Waals surface area contributed by atoms with Gasteiger partial charge in [0, 0.05) is 48.7 Å². The number of ether oxygens (including phenoxy) is 3. The summed E-state index contributed by atoms with van der Waals surface area (Å²) in [4.78, 5) is 24.6. The summed E-state index contributed by atoms with van der Waals surface area (Å²) in [7, 11) is -6.73. The molecule has 0 aliphatic rings. The van der Waals surface area contributed by atoms with E-state index in [1.807, 2.05) is 6.92 Å². The lowest BCUT2D eigenvalue weighted by Gasteiger charge is -2.15. The average molecular weight is 991 g/mol. The van der Waals surface area contributed by atoms with Gasteiger partial charge in [-0.15, -0.1) is 0 Å². The standard InChI is InChI=1S/C23H23ClN2O5S.C22H17F5N2O4S.CH4/c1-4-25-23(27)19-13-16(26-32(28,29)22-11-8-15(2)12-20(22)24)9-10-21(19)31-18-7-5-6-17(14-18)30-3;1-2-28-21(30)19-12-16(5-8-20(19)33-17-10-14(23)9-15(24)11-17)29-34(31,32)18-6-3-13(4-7-18)22(25,26)27;/h5-14,26H,4H2,1-3H3,(H,25,27);3-12,29H,2H2,1H3,(H,28,30);1H4. The Labute approximate surface area is 389 Å². The number of hydrogen-bond acceptors (Lipinski definition) is 9. The Balaban J connectivity index is 0.000000289. The van der Waals surface area contributed by atoms with Gasteiger partial charge in [0.05, 0.1) is 33.7 Å². The molecule has 6 aromatic carbocycles. The zero-order valence-electron chi connectivity index (χ0n) is 35.2. The van der Waals surface area contributed by atoms with Crippen molar-refractivity contribution in [1.29, 1.82) is 0 Å². The minimum atomic E-state index is -4.63. The van der Waals surface area contributed by atoms with Crippen molar-refractivity contribution < 1.29 is 62.6 Å². The van der Waals surface area contributed by atoms with Crippen molar-refractivity contribution in [1.82, 2.24) is 10.6 Å². The Morgan fingerprint density at radius 2 is 1.13 bits per heavy atom. The normalized spacial score (nSPS) is 11.2. The monoisotopic (exact) mass is 990 g/mol. The molecule has 0 spiro atoms. The fourth-order valence-corrected chi connectivity index (χ4v) is 8.51. The van der Waals surface area contributed by atoms with Crippen LogP contribution in [0.2, 0.25) is 5.02 Å². The van der Waals surface area contributed by atoms with E-state index in [0.29, 0.717) is 36.2 Å². The molecule has 0 aliphatic heterocycles. The number of aryl methyl sites for hydroxylation is 1. The van der Waals surface area contributed by atoms with E-state index < -0.39 is 60.1 Å². The molecule has 0 heterocycles. The first-order chi connectivity index (χ1) is 31.1. The first-order valence-corrected chi connectivity index (χ1v) is 22.8. The van der Waals surface area contributed by atoms with Crippen LogP contribution in [0.4, 0.5) is 33.3 Å². The molecular weight excluding hydrogens is 947 g/mol. The van der Waals surface area contributed by atoms with Crippen LogP contribution in [0.5, 0.6) is 28.7 Å². The molecular formula is C46H44ClF5N4O9S2. The smallest absolute Gasteiger partial charge is 0.416 e. The lowest BCUT2D eigenvalue weighted by molar-refractivity contribution is -0.137. The largest absolute Gasteiger partial charge is 0.497 e. The van der Waals surface area contributed by atoms with Crippen molar-refractivity contribution in [2.45, 2.75) is 44.2 Å². The third kappa shape index (κ3) is 14.3. The maximum absolute atomic E-state index is 13.5. The fraction of sp³-hybridized carbons (Fsp3) is 0.174. The first-order valence-electron chi connectivity index (χ1n) is 19.4. The highest BCUT2D eigenvalue weighted by Gasteiger charge is 2.31. The van der Waals surface area contributed by atoms with E-state index in [1.165, 1.54) is 36.4 Å². The minimum absolute atomic E-state index is 0. The molecule has 21 heteroatoms. The summed E-state index contributed by atoms with van der Waals surface area (Å²) < 4.78 is 137. The van der Waals surface area contributed by atoms with Crippen LogP contribution in [0.1, 0.15) is 53.1 Å². The summed E-state index contributed by atoms with van der Waals surface area (Å²) in [6, 6.07) is 24.9. The third-order valence-corrected chi connectivity index (χ3v) is 12.1. The van der Waals surface area contributed by atoms with Crippen LogP contribution in [-0.2, 0) is 26.2 Å². The number of carbonyl (C=O) groups excluding carboxylic acids is 2. The van der Waals surface area contributed by atoms with Crippen LogP contribution >= 0.6 is 11.6 Å². The number of rotatable bonds is 15. The summed E-state index contributed by atoms with van der Waals surface area (Å²) in [5, 5.41) is 5.32. The van der Waals surface area contributed by atoms with Crippen molar-refractivity contribution in [2.75, 3.05) is 29.6 Å². The molecule has 6 rings (SSSR count). The fourth-order valence-electron chi connectivity index (χ4n) is 5.81. The third-order valence-electron chi connectivity index (χ3n) is 8.83. The first kappa shape index (κ1) is 52.7. The molecule has 0 saturated heterocycles. The number of carbonyl (C=O) groups is 2. The van der Waals surface area contributed by atoms with Gasteiger partial charge in [-0.05, 0) is 111 Å². The molecule has 4 N–H and O–H groups in total. The van der Waals surface area contributed by atoms with Gasteiger partial charge in [0.2, 0.25) is 0 Å². The van der Waals surface area contributed by atoms with Crippen LogP contribution in [-0.4, -0.2) is 48.8 Å². The van der Waals surface area contributed by atoms with Gasteiger partial charge in [0.25, 0.3) is 31.9 Å². The maximum Gasteiger partial charge on any atom is 0.416 e. The van der Waals surface area contributed by atoms with Crippen molar-refractivity contribution in [2.24, 2.45) is 0 Å². The van der Waals surface area contributed by atoms with E-state index in [2.05, 4.69) is 20.1 Å². The number of anilines is 2. The van der Waals surface area contributed by atoms with E-state index in [9.17, 15) is 48.4 Å². The molecule has 0 atom stereocenters. The lowest BCUT2D eigenvalue weighted by Crippen LogP contribution is -2.23. The molecule has 0 aromatic heterocycles. The molecule has 0 aliphatic carbocycles. The van der Waals surface area contributed by atoms with Gasteiger partial charge in [-0.3, -0.25) is 19.0 Å². The molecule has 67 heavy (non-hydrogen) atoms. The molecule has 13 nitrogen and oxygen atoms in total. The molecule has 6 aromatic rings. The van der Waals surface area contributed by atoms with Crippen LogP contribution in [0.25, 0.3) is 0 Å². The highest BCUT2D eigenvalue weighted by molar-refractivity contribution is 7.93. The number of benzene rings is 6. The SMILES string of the molecule is C.CCNC(=O)c1cc(NS(=O)(=O)c2ccc(C(F)(F)F)cc2)ccc1Oc1cc(F)cc(F)c1.CCNC(=O)c1cc(NS(=O)(=O)c2ccc(C)cc2Cl)ccc1Oc1cccc(OC)c1. The second kappa shape index (κ2) is 22.5. The van der Waals surface area contributed by atoms with Gasteiger partial charge < -0.3 is 24.8 Å². The second-order valence-corrected chi connectivity index (χ2v) is 17.5.